The molecule has 0 aromatic carbocycles. The number of halogens is 1. The van der Waals surface area contributed by atoms with Crippen LogP contribution in [0.5, 0.6) is 0 Å². The molecule has 20 heavy (non-hydrogen) atoms. The minimum Gasteiger partial charge on any atom is -0.378 e. The molecule has 3 rings (SSSR count). The quantitative estimate of drug-likeness (QED) is 0.907. The maximum absolute atomic E-state index is 12.2. The van der Waals surface area contributed by atoms with Gasteiger partial charge in [0, 0.05) is 30.4 Å². The van der Waals surface area contributed by atoms with Gasteiger partial charge in [-0.25, -0.2) is 0 Å². The number of hydrogen-bond donors (Lipinski definition) is 1. The van der Waals surface area contributed by atoms with Gasteiger partial charge in [-0.15, -0.1) is 0 Å². The lowest BCUT2D eigenvalue weighted by Crippen LogP contribution is -2.53. The summed E-state index contributed by atoms with van der Waals surface area (Å²) in [4.78, 5) is 18.6. The van der Waals surface area contributed by atoms with Gasteiger partial charge in [-0.3, -0.25) is 14.7 Å². The molecule has 2 heterocycles. The molecule has 0 bridgehead atoms. The molecule has 1 aromatic rings. The molecular weight excluding hydrogens is 278 g/mol. The average molecular weight is 296 g/mol. The Morgan fingerprint density at radius 3 is 3.15 bits per heavy atom. The summed E-state index contributed by atoms with van der Waals surface area (Å²) in [6.45, 7) is 2.44. The van der Waals surface area contributed by atoms with Crippen LogP contribution >= 0.6 is 11.6 Å². The first-order chi connectivity index (χ1) is 9.72. The largest absolute Gasteiger partial charge is 0.378 e. The number of rotatable bonds is 4. The van der Waals surface area contributed by atoms with Crippen molar-refractivity contribution in [3.63, 3.8) is 0 Å². The SMILES string of the molecule is O=C(NC1CC1)C1COCCN1Cc1cc(Cl)ccn1. The molecule has 5 nitrogen and oxygen atoms in total. The van der Waals surface area contributed by atoms with Crippen LogP contribution in [0.25, 0.3) is 0 Å². The number of morpholine rings is 1. The third kappa shape index (κ3) is 3.48. The van der Waals surface area contributed by atoms with Gasteiger partial charge in [-0.1, -0.05) is 11.6 Å². The van der Waals surface area contributed by atoms with Crippen molar-refractivity contribution in [3.05, 3.63) is 29.0 Å². The van der Waals surface area contributed by atoms with E-state index < -0.39 is 0 Å². The molecule has 1 N–H and O–H groups in total. The van der Waals surface area contributed by atoms with Gasteiger partial charge in [0.25, 0.3) is 0 Å². The molecule has 1 atom stereocenters. The van der Waals surface area contributed by atoms with Gasteiger partial charge in [-0.2, -0.15) is 0 Å². The van der Waals surface area contributed by atoms with Crippen LogP contribution in [-0.4, -0.2) is 47.6 Å². The first-order valence-corrected chi connectivity index (χ1v) is 7.33. The zero-order valence-electron chi connectivity index (χ0n) is 11.2. The Morgan fingerprint density at radius 2 is 2.40 bits per heavy atom. The summed E-state index contributed by atoms with van der Waals surface area (Å²) in [6, 6.07) is 3.73. The zero-order valence-corrected chi connectivity index (χ0v) is 12.0. The Labute approximate surface area is 123 Å². The molecule has 6 heteroatoms. The number of aromatic nitrogens is 1. The van der Waals surface area contributed by atoms with Gasteiger partial charge in [-0.05, 0) is 25.0 Å². The fourth-order valence-electron chi connectivity index (χ4n) is 2.34. The van der Waals surface area contributed by atoms with Gasteiger partial charge in [0.1, 0.15) is 6.04 Å². The van der Waals surface area contributed by atoms with E-state index in [4.69, 9.17) is 16.3 Å². The Morgan fingerprint density at radius 1 is 1.55 bits per heavy atom. The van der Waals surface area contributed by atoms with Crippen molar-refractivity contribution >= 4 is 17.5 Å². The molecule has 1 saturated carbocycles. The van der Waals surface area contributed by atoms with E-state index in [0.29, 0.717) is 30.8 Å². The van der Waals surface area contributed by atoms with E-state index in [1.165, 1.54) is 0 Å². The highest BCUT2D eigenvalue weighted by molar-refractivity contribution is 6.30. The van der Waals surface area contributed by atoms with Crippen LogP contribution in [0, 0.1) is 0 Å². The smallest absolute Gasteiger partial charge is 0.239 e. The normalized spacial score (nSPS) is 23.6. The third-order valence-electron chi connectivity index (χ3n) is 3.61. The van der Waals surface area contributed by atoms with E-state index in [2.05, 4.69) is 15.2 Å². The number of carbonyl (C=O) groups excluding carboxylic acids is 1. The van der Waals surface area contributed by atoms with Crippen molar-refractivity contribution in [1.29, 1.82) is 0 Å². The molecule has 0 spiro atoms. The number of nitrogens with zero attached hydrogens (tertiary/aromatic N) is 2. The number of amides is 1. The topological polar surface area (TPSA) is 54.5 Å². The van der Waals surface area contributed by atoms with Crippen LogP contribution in [0.3, 0.4) is 0 Å². The summed E-state index contributed by atoms with van der Waals surface area (Å²) in [5, 5.41) is 3.71. The lowest BCUT2D eigenvalue weighted by molar-refractivity contribution is -0.133. The van der Waals surface area contributed by atoms with Crippen molar-refractivity contribution in [2.24, 2.45) is 0 Å². The zero-order chi connectivity index (χ0) is 13.9. The van der Waals surface area contributed by atoms with Crippen molar-refractivity contribution in [3.8, 4) is 0 Å². The number of carbonyl (C=O) groups is 1. The van der Waals surface area contributed by atoms with Crippen molar-refractivity contribution in [1.82, 2.24) is 15.2 Å². The molecule has 1 aromatic heterocycles. The summed E-state index contributed by atoms with van der Waals surface area (Å²) in [7, 11) is 0. The summed E-state index contributed by atoms with van der Waals surface area (Å²) >= 11 is 5.98. The van der Waals surface area contributed by atoms with Gasteiger partial charge in [0.15, 0.2) is 0 Å². The second-order valence-corrected chi connectivity index (χ2v) is 5.75. The Hall–Kier alpha value is -1.17. The van der Waals surface area contributed by atoms with Gasteiger partial charge in [0.2, 0.25) is 5.91 Å². The highest BCUT2D eigenvalue weighted by Gasteiger charge is 2.33. The van der Waals surface area contributed by atoms with Gasteiger partial charge >= 0.3 is 0 Å². The van der Waals surface area contributed by atoms with Crippen LogP contribution in [-0.2, 0) is 16.1 Å². The summed E-state index contributed by atoms with van der Waals surface area (Å²) in [5.74, 6) is 0.0641. The van der Waals surface area contributed by atoms with Crippen molar-refractivity contribution in [2.75, 3.05) is 19.8 Å². The van der Waals surface area contributed by atoms with Crippen LogP contribution in [0.4, 0.5) is 0 Å². The number of nitrogens with one attached hydrogen (secondary N) is 1. The van der Waals surface area contributed by atoms with Gasteiger partial charge in [0.05, 0.1) is 18.9 Å². The van der Waals surface area contributed by atoms with Crippen LogP contribution in [0.2, 0.25) is 5.02 Å². The second kappa shape index (κ2) is 6.08. The van der Waals surface area contributed by atoms with E-state index in [1.54, 1.807) is 12.3 Å². The highest BCUT2D eigenvalue weighted by Crippen LogP contribution is 2.20. The monoisotopic (exact) mass is 295 g/mol. The molecule has 108 valence electrons. The fourth-order valence-corrected chi connectivity index (χ4v) is 2.52. The molecular formula is C14H18ClN3O2. The van der Waals surface area contributed by atoms with E-state index in [0.717, 1.165) is 25.1 Å². The Kier molecular flexibility index (Phi) is 4.19. The molecule has 2 fully saturated rings. The highest BCUT2D eigenvalue weighted by atomic mass is 35.5. The average Bonchev–Trinajstić information content (AvgIpc) is 3.23. The third-order valence-corrected chi connectivity index (χ3v) is 3.84. The lowest BCUT2D eigenvalue weighted by Gasteiger charge is -2.34. The maximum atomic E-state index is 12.2. The molecule has 1 aliphatic carbocycles. The lowest BCUT2D eigenvalue weighted by atomic mass is 10.2. The van der Waals surface area contributed by atoms with Crippen LogP contribution < -0.4 is 5.32 Å². The molecule has 0 radical (unpaired) electrons. The first-order valence-electron chi connectivity index (χ1n) is 6.95. The minimum absolute atomic E-state index is 0.0641. The maximum Gasteiger partial charge on any atom is 0.239 e. The fraction of sp³-hybridized carbons (Fsp3) is 0.571. The molecule has 1 amide bonds. The number of pyridine rings is 1. The van der Waals surface area contributed by atoms with E-state index in [9.17, 15) is 4.79 Å². The molecule has 1 saturated heterocycles. The second-order valence-electron chi connectivity index (χ2n) is 5.31. The number of hydrogen-bond acceptors (Lipinski definition) is 4. The number of ether oxygens (including phenoxy) is 1. The summed E-state index contributed by atoms with van der Waals surface area (Å²) in [5.41, 5.74) is 0.878. The van der Waals surface area contributed by atoms with E-state index in [1.807, 2.05) is 6.07 Å². The molecule has 2 aliphatic rings. The first kappa shape index (κ1) is 13.8. The summed E-state index contributed by atoms with van der Waals surface area (Å²) < 4.78 is 5.45. The van der Waals surface area contributed by atoms with E-state index >= 15 is 0 Å². The predicted molar refractivity (Wildman–Crippen MR) is 75.4 cm³/mol. The Bertz CT molecular complexity index is 493. The standard InChI is InChI=1S/C14H18ClN3O2/c15-10-3-4-16-12(7-10)8-18-5-6-20-9-13(18)14(19)17-11-1-2-11/h3-4,7,11,13H,1-2,5-6,8-9H2,(H,17,19). The van der Waals surface area contributed by atoms with Crippen LogP contribution in [0.15, 0.2) is 18.3 Å². The minimum atomic E-state index is -0.231. The summed E-state index contributed by atoms with van der Waals surface area (Å²) in [6.07, 6.45) is 3.88. The van der Waals surface area contributed by atoms with E-state index in [-0.39, 0.29) is 11.9 Å². The van der Waals surface area contributed by atoms with Crippen molar-refractivity contribution in [2.45, 2.75) is 31.5 Å². The molecule has 1 aliphatic heterocycles. The van der Waals surface area contributed by atoms with Gasteiger partial charge < -0.3 is 10.1 Å². The Balaban J connectivity index is 1.66. The predicted octanol–water partition coefficient (Wildman–Crippen LogP) is 1.21. The van der Waals surface area contributed by atoms with Crippen molar-refractivity contribution < 1.29 is 9.53 Å². The molecule has 1 unspecified atom stereocenters. The van der Waals surface area contributed by atoms with Crippen LogP contribution in [0.1, 0.15) is 18.5 Å².